The summed E-state index contributed by atoms with van der Waals surface area (Å²) in [6.45, 7) is 1.60. The van der Waals surface area contributed by atoms with Gasteiger partial charge in [-0.05, 0) is 30.7 Å². The molecule has 0 radical (unpaired) electrons. The molecule has 10 heteroatoms. The van der Waals surface area contributed by atoms with Crippen LogP contribution in [0.15, 0.2) is 24.3 Å². The van der Waals surface area contributed by atoms with Crippen LogP contribution in [0.4, 0.5) is 10.1 Å². The smallest absolute Gasteiger partial charge is 0.359 e. The molecule has 0 fully saturated rings. The van der Waals surface area contributed by atoms with Crippen LogP contribution >= 0.6 is 0 Å². The van der Waals surface area contributed by atoms with Crippen molar-refractivity contribution in [3.05, 3.63) is 41.5 Å². The van der Waals surface area contributed by atoms with Crippen molar-refractivity contribution in [2.24, 2.45) is 0 Å². The van der Waals surface area contributed by atoms with E-state index in [1.165, 1.54) is 12.1 Å². The molecule has 0 saturated heterocycles. The lowest BCUT2D eigenvalue weighted by Crippen LogP contribution is -2.29. The lowest BCUT2D eigenvalue weighted by atomic mass is 10.2. The minimum absolute atomic E-state index is 0.135. The Morgan fingerprint density at radius 3 is 2.33 bits per heavy atom. The second-order valence-corrected chi connectivity index (χ2v) is 4.76. The molecular weight excluding hydrogens is 323 g/mol. The number of rotatable bonds is 6. The van der Waals surface area contributed by atoms with Gasteiger partial charge in [-0.1, -0.05) is 12.1 Å². The average Bonchev–Trinajstić information content (AvgIpc) is 2.95. The first-order valence-corrected chi connectivity index (χ1v) is 6.83. The number of nitrogens with zero attached hydrogens (tertiary/aromatic N) is 3. The molecule has 1 atom stereocenters. The van der Waals surface area contributed by atoms with E-state index in [4.69, 9.17) is 5.11 Å². The van der Waals surface area contributed by atoms with E-state index < -0.39 is 41.1 Å². The highest BCUT2D eigenvalue weighted by Gasteiger charge is 2.31. The van der Waals surface area contributed by atoms with Gasteiger partial charge in [0.15, 0.2) is 5.69 Å². The number of amides is 1. The third-order valence-electron chi connectivity index (χ3n) is 3.20. The fourth-order valence-corrected chi connectivity index (χ4v) is 2.08. The second-order valence-electron chi connectivity index (χ2n) is 4.76. The van der Waals surface area contributed by atoms with Crippen molar-refractivity contribution < 1.29 is 29.0 Å². The molecule has 24 heavy (non-hydrogen) atoms. The number of carbonyl (C=O) groups excluding carboxylic acids is 1. The molecule has 1 unspecified atom stereocenters. The van der Waals surface area contributed by atoms with E-state index in [1.54, 1.807) is 6.92 Å². The topological polar surface area (TPSA) is 134 Å². The number of carbonyl (C=O) groups is 3. The first kappa shape index (κ1) is 17.1. The molecule has 2 aromatic rings. The highest BCUT2D eigenvalue weighted by atomic mass is 19.1. The summed E-state index contributed by atoms with van der Waals surface area (Å²) in [6.07, 6.45) is 0.135. The zero-order valence-electron chi connectivity index (χ0n) is 12.4. The third-order valence-corrected chi connectivity index (χ3v) is 3.20. The van der Waals surface area contributed by atoms with Gasteiger partial charge in [-0.15, -0.1) is 5.10 Å². The average molecular weight is 336 g/mol. The fourth-order valence-electron chi connectivity index (χ4n) is 2.08. The van der Waals surface area contributed by atoms with Crippen LogP contribution in [0.2, 0.25) is 0 Å². The van der Waals surface area contributed by atoms with Gasteiger partial charge in [0.05, 0.1) is 0 Å². The lowest BCUT2D eigenvalue weighted by molar-refractivity contribution is -0.119. The zero-order chi connectivity index (χ0) is 17.9. The normalized spacial score (nSPS) is 11.8. The molecule has 1 aromatic heterocycles. The number of anilines is 1. The Morgan fingerprint density at radius 1 is 1.21 bits per heavy atom. The van der Waals surface area contributed by atoms with Crippen LogP contribution in [0.3, 0.4) is 0 Å². The quantitative estimate of drug-likeness (QED) is 0.725. The van der Waals surface area contributed by atoms with Crippen LogP contribution in [0.25, 0.3) is 0 Å². The van der Waals surface area contributed by atoms with E-state index in [9.17, 15) is 23.9 Å². The molecule has 9 nitrogen and oxygen atoms in total. The summed E-state index contributed by atoms with van der Waals surface area (Å²) in [4.78, 5) is 34.7. The summed E-state index contributed by atoms with van der Waals surface area (Å²) in [6, 6.07) is 3.88. The van der Waals surface area contributed by atoms with Crippen molar-refractivity contribution in [3.8, 4) is 0 Å². The Labute approximate surface area is 134 Å². The Kier molecular flexibility index (Phi) is 4.87. The van der Waals surface area contributed by atoms with Gasteiger partial charge < -0.3 is 15.5 Å². The highest BCUT2D eigenvalue weighted by molar-refractivity contribution is 6.00. The number of carboxylic acids is 2. The molecule has 0 aliphatic rings. The van der Waals surface area contributed by atoms with Crippen molar-refractivity contribution in [2.75, 3.05) is 5.32 Å². The van der Waals surface area contributed by atoms with Gasteiger partial charge in [0, 0.05) is 5.69 Å². The standard InChI is InChI=1S/C14H13FN4O5/c1-2-9(12(20)16-8-5-3-7(15)4-6-8)19-11(14(23)24)10(13(21)22)17-18-19/h3-6,9H,2H2,1H3,(H,16,20)(H,21,22)(H,23,24). The van der Waals surface area contributed by atoms with Gasteiger partial charge >= 0.3 is 11.9 Å². The van der Waals surface area contributed by atoms with Gasteiger partial charge in [-0.25, -0.2) is 18.7 Å². The number of benzene rings is 1. The first-order valence-electron chi connectivity index (χ1n) is 6.83. The molecule has 0 aliphatic heterocycles. The fraction of sp³-hybridized carbons (Fsp3) is 0.214. The molecule has 126 valence electrons. The number of aromatic carboxylic acids is 2. The van der Waals surface area contributed by atoms with E-state index in [0.29, 0.717) is 5.69 Å². The van der Waals surface area contributed by atoms with E-state index in [-0.39, 0.29) is 6.42 Å². The second kappa shape index (κ2) is 6.86. The van der Waals surface area contributed by atoms with Crippen molar-refractivity contribution in [1.82, 2.24) is 15.0 Å². The maximum atomic E-state index is 12.9. The predicted molar refractivity (Wildman–Crippen MR) is 78.3 cm³/mol. The molecule has 1 aromatic carbocycles. The first-order chi connectivity index (χ1) is 11.3. The molecule has 3 N–H and O–H groups in total. The Balaban J connectivity index is 2.34. The van der Waals surface area contributed by atoms with Crippen LogP contribution < -0.4 is 5.32 Å². The third kappa shape index (κ3) is 3.37. The lowest BCUT2D eigenvalue weighted by Gasteiger charge is -2.16. The van der Waals surface area contributed by atoms with Crippen molar-refractivity contribution >= 4 is 23.5 Å². The molecule has 0 bridgehead atoms. The predicted octanol–water partition coefficient (Wildman–Crippen LogP) is 1.40. The van der Waals surface area contributed by atoms with Gasteiger partial charge in [0.2, 0.25) is 11.6 Å². The largest absolute Gasteiger partial charge is 0.476 e. The Hall–Kier alpha value is -3.30. The summed E-state index contributed by atoms with van der Waals surface area (Å²) in [5.41, 5.74) is -1.14. The summed E-state index contributed by atoms with van der Waals surface area (Å²) < 4.78 is 13.6. The number of carboxylic acid groups (broad SMARTS) is 2. The summed E-state index contributed by atoms with van der Waals surface area (Å²) in [5, 5.41) is 27.4. The molecule has 1 heterocycles. The van der Waals surface area contributed by atoms with Crippen LogP contribution in [-0.4, -0.2) is 43.1 Å². The number of hydrogen-bond donors (Lipinski definition) is 3. The number of nitrogens with one attached hydrogen (secondary N) is 1. The zero-order valence-corrected chi connectivity index (χ0v) is 12.4. The molecule has 0 saturated carbocycles. The maximum Gasteiger partial charge on any atom is 0.359 e. The van der Waals surface area contributed by atoms with Crippen molar-refractivity contribution in [3.63, 3.8) is 0 Å². The molecule has 2 rings (SSSR count). The molecule has 1 amide bonds. The number of hydrogen-bond acceptors (Lipinski definition) is 5. The molecule has 0 aliphatic carbocycles. The van der Waals surface area contributed by atoms with Gasteiger partial charge in [-0.2, -0.15) is 0 Å². The van der Waals surface area contributed by atoms with Crippen LogP contribution in [0.1, 0.15) is 40.4 Å². The van der Waals surface area contributed by atoms with E-state index >= 15 is 0 Å². The van der Waals surface area contributed by atoms with Crippen LogP contribution in [0, 0.1) is 5.82 Å². The summed E-state index contributed by atoms with van der Waals surface area (Å²) in [7, 11) is 0. The van der Waals surface area contributed by atoms with Gasteiger partial charge in [0.1, 0.15) is 11.9 Å². The van der Waals surface area contributed by atoms with Crippen LogP contribution in [-0.2, 0) is 4.79 Å². The van der Waals surface area contributed by atoms with Crippen molar-refractivity contribution in [2.45, 2.75) is 19.4 Å². The minimum atomic E-state index is -1.56. The van der Waals surface area contributed by atoms with E-state index in [2.05, 4.69) is 15.6 Å². The monoisotopic (exact) mass is 336 g/mol. The SMILES string of the molecule is CCC(C(=O)Nc1ccc(F)cc1)n1nnc(C(=O)O)c1C(=O)O. The number of halogens is 1. The summed E-state index contributed by atoms with van der Waals surface area (Å²) in [5.74, 6) is -4.23. The summed E-state index contributed by atoms with van der Waals surface area (Å²) >= 11 is 0. The van der Waals surface area contributed by atoms with Crippen molar-refractivity contribution in [1.29, 1.82) is 0 Å². The molecular formula is C14H13FN4O5. The van der Waals surface area contributed by atoms with Gasteiger partial charge in [0.25, 0.3) is 0 Å². The Bertz CT molecular complexity index is 787. The highest BCUT2D eigenvalue weighted by Crippen LogP contribution is 2.19. The van der Waals surface area contributed by atoms with E-state index in [0.717, 1.165) is 16.8 Å². The van der Waals surface area contributed by atoms with Crippen LogP contribution in [0.5, 0.6) is 0 Å². The minimum Gasteiger partial charge on any atom is -0.476 e. The van der Waals surface area contributed by atoms with E-state index in [1.807, 2.05) is 0 Å². The molecule has 0 spiro atoms. The Morgan fingerprint density at radius 2 is 1.83 bits per heavy atom. The number of aromatic nitrogens is 3. The van der Waals surface area contributed by atoms with Gasteiger partial charge in [-0.3, -0.25) is 4.79 Å². The maximum absolute atomic E-state index is 12.9.